The van der Waals surface area contributed by atoms with Crippen LogP contribution in [0, 0.1) is 6.92 Å². The van der Waals surface area contributed by atoms with Crippen LogP contribution in [0.2, 0.25) is 0 Å². The van der Waals surface area contributed by atoms with Crippen molar-refractivity contribution < 1.29 is 14.3 Å². The monoisotopic (exact) mass is 292 g/mol. The standard InChI is InChI=1S/C16H24N2O3/c1-11-4-6-14(7-5-11)10-21-12(2)15(18-13(3)19)8-9-16(17)20/h4-7,12,15H,8-10H2,1-3H3,(H2,17,20)(H,18,19)/t12-,15+/m1/s1. The van der Waals surface area contributed by atoms with Crippen LogP contribution in [0.5, 0.6) is 0 Å². The van der Waals surface area contributed by atoms with E-state index in [0.29, 0.717) is 13.0 Å². The van der Waals surface area contributed by atoms with E-state index in [4.69, 9.17) is 10.5 Å². The maximum atomic E-state index is 11.2. The summed E-state index contributed by atoms with van der Waals surface area (Å²) in [7, 11) is 0. The molecule has 0 fully saturated rings. The molecule has 0 saturated heterocycles. The molecule has 0 saturated carbocycles. The lowest BCUT2D eigenvalue weighted by molar-refractivity contribution is -0.122. The van der Waals surface area contributed by atoms with Crippen molar-refractivity contribution in [1.82, 2.24) is 5.32 Å². The summed E-state index contributed by atoms with van der Waals surface area (Å²) in [6, 6.07) is 7.86. The molecule has 0 heterocycles. The van der Waals surface area contributed by atoms with E-state index in [2.05, 4.69) is 5.32 Å². The van der Waals surface area contributed by atoms with Crippen LogP contribution in [0.4, 0.5) is 0 Å². The zero-order chi connectivity index (χ0) is 15.8. The van der Waals surface area contributed by atoms with Gasteiger partial charge in [0.2, 0.25) is 11.8 Å². The van der Waals surface area contributed by atoms with Gasteiger partial charge in [0.1, 0.15) is 0 Å². The largest absolute Gasteiger partial charge is 0.372 e. The van der Waals surface area contributed by atoms with Crippen LogP contribution in [0.15, 0.2) is 24.3 Å². The molecule has 0 spiro atoms. The Morgan fingerprint density at radius 3 is 2.43 bits per heavy atom. The molecule has 0 aliphatic rings. The SMILES string of the molecule is CC(=O)N[C@@H](CCC(N)=O)[C@@H](C)OCc1ccc(C)cc1. The van der Waals surface area contributed by atoms with Gasteiger partial charge in [0, 0.05) is 13.3 Å². The summed E-state index contributed by atoms with van der Waals surface area (Å²) in [6.07, 6.45) is 0.502. The summed E-state index contributed by atoms with van der Waals surface area (Å²) >= 11 is 0. The molecule has 2 amide bonds. The number of carbonyl (C=O) groups excluding carboxylic acids is 2. The second-order valence-corrected chi connectivity index (χ2v) is 5.31. The molecule has 116 valence electrons. The predicted molar refractivity (Wildman–Crippen MR) is 81.5 cm³/mol. The van der Waals surface area contributed by atoms with Gasteiger partial charge in [-0.05, 0) is 25.8 Å². The van der Waals surface area contributed by atoms with E-state index in [1.165, 1.54) is 12.5 Å². The van der Waals surface area contributed by atoms with Gasteiger partial charge in [0.25, 0.3) is 0 Å². The lowest BCUT2D eigenvalue weighted by Gasteiger charge is -2.24. The van der Waals surface area contributed by atoms with Crippen molar-refractivity contribution in [3.8, 4) is 0 Å². The molecule has 21 heavy (non-hydrogen) atoms. The van der Waals surface area contributed by atoms with E-state index in [1.807, 2.05) is 38.1 Å². The molecule has 0 aliphatic carbocycles. The van der Waals surface area contributed by atoms with E-state index in [9.17, 15) is 9.59 Å². The normalized spacial score (nSPS) is 13.5. The minimum atomic E-state index is -0.379. The number of aryl methyl sites for hydroxylation is 1. The predicted octanol–water partition coefficient (Wildman–Crippen LogP) is 1.67. The van der Waals surface area contributed by atoms with Crippen molar-refractivity contribution in [2.45, 2.75) is 52.4 Å². The Kier molecular flexibility index (Phi) is 6.88. The number of amides is 2. The first-order valence-electron chi connectivity index (χ1n) is 7.11. The smallest absolute Gasteiger partial charge is 0.217 e. The summed E-state index contributed by atoms with van der Waals surface area (Å²) in [5, 5.41) is 2.81. The molecule has 2 atom stereocenters. The van der Waals surface area contributed by atoms with Gasteiger partial charge in [-0.15, -0.1) is 0 Å². The Labute approximate surface area is 125 Å². The van der Waals surface area contributed by atoms with Crippen LogP contribution < -0.4 is 11.1 Å². The van der Waals surface area contributed by atoms with Crippen molar-refractivity contribution >= 4 is 11.8 Å². The third-order valence-corrected chi connectivity index (χ3v) is 3.29. The molecule has 0 radical (unpaired) electrons. The van der Waals surface area contributed by atoms with Crippen LogP contribution in [-0.2, 0) is 20.9 Å². The molecular formula is C16H24N2O3. The van der Waals surface area contributed by atoms with Gasteiger partial charge in [-0.2, -0.15) is 0 Å². The number of primary amides is 1. The van der Waals surface area contributed by atoms with E-state index >= 15 is 0 Å². The van der Waals surface area contributed by atoms with Gasteiger partial charge in [-0.25, -0.2) is 0 Å². The van der Waals surface area contributed by atoms with Crippen LogP contribution in [0.1, 0.15) is 37.8 Å². The van der Waals surface area contributed by atoms with Crippen LogP contribution in [0.25, 0.3) is 0 Å². The number of hydrogen-bond donors (Lipinski definition) is 2. The van der Waals surface area contributed by atoms with Crippen molar-refractivity contribution in [3.05, 3.63) is 35.4 Å². The van der Waals surface area contributed by atoms with Gasteiger partial charge >= 0.3 is 0 Å². The second-order valence-electron chi connectivity index (χ2n) is 5.31. The summed E-state index contributed by atoms with van der Waals surface area (Å²) < 4.78 is 5.80. The maximum absolute atomic E-state index is 11.2. The van der Waals surface area contributed by atoms with Crippen LogP contribution >= 0.6 is 0 Å². The first-order chi connectivity index (χ1) is 9.88. The first-order valence-corrected chi connectivity index (χ1v) is 7.11. The van der Waals surface area contributed by atoms with Gasteiger partial charge in [-0.3, -0.25) is 9.59 Å². The second kappa shape index (κ2) is 8.42. The van der Waals surface area contributed by atoms with Gasteiger partial charge in [-0.1, -0.05) is 29.8 Å². The average Bonchev–Trinajstić information content (AvgIpc) is 2.42. The number of hydrogen-bond acceptors (Lipinski definition) is 3. The number of benzene rings is 1. The highest BCUT2D eigenvalue weighted by atomic mass is 16.5. The molecule has 5 heteroatoms. The Balaban J connectivity index is 2.53. The van der Waals surface area contributed by atoms with E-state index in [1.54, 1.807) is 0 Å². The number of carbonyl (C=O) groups is 2. The van der Waals surface area contributed by atoms with Crippen molar-refractivity contribution in [2.24, 2.45) is 5.73 Å². The maximum Gasteiger partial charge on any atom is 0.217 e. The quantitative estimate of drug-likeness (QED) is 0.764. The van der Waals surface area contributed by atoms with E-state index in [0.717, 1.165) is 5.56 Å². The van der Waals surface area contributed by atoms with Crippen molar-refractivity contribution in [3.63, 3.8) is 0 Å². The molecule has 1 aromatic rings. The minimum Gasteiger partial charge on any atom is -0.372 e. The van der Waals surface area contributed by atoms with Gasteiger partial charge in [0.15, 0.2) is 0 Å². The first kappa shape index (κ1) is 17.2. The fraction of sp³-hybridized carbons (Fsp3) is 0.500. The summed E-state index contributed by atoms with van der Waals surface area (Å²) in [4.78, 5) is 22.1. The zero-order valence-electron chi connectivity index (χ0n) is 12.9. The van der Waals surface area contributed by atoms with Crippen molar-refractivity contribution in [1.29, 1.82) is 0 Å². The third-order valence-electron chi connectivity index (χ3n) is 3.29. The highest BCUT2D eigenvalue weighted by Crippen LogP contribution is 2.11. The lowest BCUT2D eigenvalue weighted by Crippen LogP contribution is -2.42. The Hall–Kier alpha value is -1.88. The van der Waals surface area contributed by atoms with Gasteiger partial charge < -0.3 is 15.8 Å². The van der Waals surface area contributed by atoms with E-state index in [-0.39, 0.29) is 30.4 Å². The topological polar surface area (TPSA) is 81.4 Å². The number of ether oxygens (including phenoxy) is 1. The number of nitrogens with one attached hydrogen (secondary N) is 1. The molecule has 0 aliphatic heterocycles. The summed E-state index contributed by atoms with van der Waals surface area (Å²) in [5.41, 5.74) is 7.43. The summed E-state index contributed by atoms with van der Waals surface area (Å²) in [5.74, 6) is -0.522. The molecule has 0 aromatic heterocycles. The minimum absolute atomic E-state index is 0.143. The highest BCUT2D eigenvalue weighted by Gasteiger charge is 2.19. The number of nitrogens with two attached hydrogens (primary N) is 1. The molecule has 0 bridgehead atoms. The Morgan fingerprint density at radius 1 is 1.29 bits per heavy atom. The molecule has 5 nitrogen and oxygen atoms in total. The molecule has 0 unspecified atom stereocenters. The third kappa shape index (κ3) is 6.90. The highest BCUT2D eigenvalue weighted by molar-refractivity contribution is 5.75. The Morgan fingerprint density at radius 2 is 1.90 bits per heavy atom. The van der Waals surface area contributed by atoms with Crippen LogP contribution in [0.3, 0.4) is 0 Å². The summed E-state index contributed by atoms with van der Waals surface area (Å²) in [6.45, 7) is 5.83. The lowest BCUT2D eigenvalue weighted by atomic mass is 10.1. The van der Waals surface area contributed by atoms with Gasteiger partial charge in [0.05, 0.1) is 18.8 Å². The zero-order valence-corrected chi connectivity index (χ0v) is 12.9. The van der Waals surface area contributed by atoms with Crippen LogP contribution in [-0.4, -0.2) is 24.0 Å². The number of rotatable bonds is 8. The van der Waals surface area contributed by atoms with E-state index < -0.39 is 0 Å². The molecule has 1 rings (SSSR count). The molecule has 1 aromatic carbocycles. The average molecular weight is 292 g/mol. The fourth-order valence-corrected chi connectivity index (χ4v) is 2.01. The molecule has 3 N–H and O–H groups in total. The van der Waals surface area contributed by atoms with Crippen molar-refractivity contribution in [2.75, 3.05) is 0 Å². The fourth-order valence-electron chi connectivity index (χ4n) is 2.01. The Bertz CT molecular complexity index is 471. The molecular weight excluding hydrogens is 268 g/mol.